The molecule has 0 atom stereocenters. The van der Waals surface area contributed by atoms with E-state index in [1.807, 2.05) is 19.9 Å². The maximum absolute atomic E-state index is 9.42. The summed E-state index contributed by atoms with van der Waals surface area (Å²) in [5.74, 6) is 0.805. The topological polar surface area (TPSA) is 49.2 Å². The van der Waals surface area contributed by atoms with Gasteiger partial charge in [0.15, 0.2) is 0 Å². The van der Waals surface area contributed by atoms with E-state index in [4.69, 9.17) is 0 Å². The Hall–Kier alpha value is -1.16. The fraction of sp³-hybridized carbons (Fsp3) is 0.636. The van der Waals surface area contributed by atoms with Gasteiger partial charge in [-0.2, -0.15) is 0 Å². The number of hydrogen-bond acceptors (Lipinski definition) is 4. The van der Waals surface area contributed by atoms with Crippen molar-refractivity contribution >= 4 is 5.95 Å². The summed E-state index contributed by atoms with van der Waals surface area (Å²) in [4.78, 5) is 11.0. The van der Waals surface area contributed by atoms with E-state index in [1.54, 1.807) is 0 Å². The van der Waals surface area contributed by atoms with Crippen molar-refractivity contribution in [3.63, 3.8) is 0 Å². The van der Waals surface area contributed by atoms with Crippen molar-refractivity contribution in [2.24, 2.45) is 0 Å². The third-order valence-corrected chi connectivity index (χ3v) is 2.72. The van der Waals surface area contributed by atoms with Crippen LogP contribution in [0.3, 0.4) is 0 Å². The summed E-state index contributed by atoms with van der Waals surface area (Å²) in [6.45, 7) is 5.67. The average molecular weight is 207 g/mol. The maximum Gasteiger partial charge on any atom is 0.225 e. The van der Waals surface area contributed by atoms with E-state index in [-0.39, 0.29) is 6.10 Å². The van der Waals surface area contributed by atoms with Crippen LogP contribution in [0.25, 0.3) is 0 Å². The van der Waals surface area contributed by atoms with E-state index in [0.29, 0.717) is 0 Å². The smallest absolute Gasteiger partial charge is 0.225 e. The van der Waals surface area contributed by atoms with Crippen molar-refractivity contribution < 1.29 is 5.11 Å². The molecule has 1 aliphatic heterocycles. The standard InChI is InChI=1S/C11H17N3O/c1-8-7-9(2)13-11(12-8)14-5-3-10(15)4-6-14/h7,10,15H,3-6H2,1-2H3. The minimum atomic E-state index is -0.146. The van der Waals surface area contributed by atoms with Gasteiger partial charge in [-0.3, -0.25) is 0 Å². The molecule has 1 aromatic rings. The zero-order chi connectivity index (χ0) is 10.8. The fourth-order valence-electron chi connectivity index (χ4n) is 1.91. The fourth-order valence-corrected chi connectivity index (χ4v) is 1.91. The summed E-state index contributed by atoms with van der Waals surface area (Å²) >= 11 is 0. The highest BCUT2D eigenvalue weighted by Crippen LogP contribution is 2.16. The van der Waals surface area contributed by atoms with E-state index in [1.165, 1.54) is 0 Å². The number of aliphatic hydroxyl groups is 1. The Morgan fingerprint density at radius 2 is 1.73 bits per heavy atom. The van der Waals surface area contributed by atoms with Gasteiger partial charge in [0.2, 0.25) is 5.95 Å². The molecule has 0 aliphatic carbocycles. The number of hydrogen-bond donors (Lipinski definition) is 1. The SMILES string of the molecule is Cc1cc(C)nc(N2CCC(O)CC2)n1. The van der Waals surface area contributed by atoms with E-state index in [2.05, 4.69) is 14.9 Å². The zero-order valence-electron chi connectivity index (χ0n) is 9.27. The predicted molar refractivity (Wildman–Crippen MR) is 59.0 cm³/mol. The highest BCUT2D eigenvalue weighted by atomic mass is 16.3. The van der Waals surface area contributed by atoms with Gasteiger partial charge in [0.05, 0.1) is 6.10 Å². The number of rotatable bonds is 1. The number of aromatic nitrogens is 2. The molecule has 15 heavy (non-hydrogen) atoms. The van der Waals surface area contributed by atoms with Gasteiger partial charge in [0.25, 0.3) is 0 Å². The summed E-state index contributed by atoms with van der Waals surface area (Å²) in [6, 6.07) is 1.97. The molecule has 0 aromatic carbocycles. The monoisotopic (exact) mass is 207 g/mol. The molecule has 4 nitrogen and oxygen atoms in total. The van der Waals surface area contributed by atoms with E-state index in [0.717, 1.165) is 43.3 Å². The van der Waals surface area contributed by atoms with Gasteiger partial charge in [0.1, 0.15) is 0 Å². The summed E-state index contributed by atoms with van der Waals surface area (Å²) < 4.78 is 0. The van der Waals surface area contributed by atoms with Crippen molar-refractivity contribution in [1.82, 2.24) is 9.97 Å². The van der Waals surface area contributed by atoms with Gasteiger partial charge in [0, 0.05) is 24.5 Å². The van der Waals surface area contributed by atoms with E-state index < -0.39 is 0 Å². The lowest BCUT2D eigenvalue weighted by molar-refractivity contribution is 0.145. The summed E-state index contributed by atoms with van der Waals surface area (Å²) in [7, 11) is 0. The third kappa shape index (κ3) is 2.45. The second kappa shape index (κ2) is 4.14. The van der Waals surface area contributed by atoms with Crippen LogP contribution in [0.15, 0.2) is 6.07 Å². The molecule has 0 radical (unpaired) electrons. The van der Waals surface area contributed by atoms with E-state index in [9.17, 15) is 5.11 Å². The Morgan fingerprint density at radius 3 is 2.27 bits per heavy atom. The summed E-state index contributed by atoms with van der Waals surface area (Å²) in [6.07, 6.45) is 1.49. The van der Waals surface area contributed by atoms with Crippen molar-refractivity contribution in [2.75, 3.05) is 18.0 Å². The first-order valence-corrected chi connectivity index (χ1v) is 5.40. The normalized spacial score (nSPS) is 18.2. The molecule has 82 valence electrons. The Labute approximate surface area is 90.0 Å². The second-order valence-corrected chi connectivity index (χ2v) is 4.17. The minimum Gasteiger partial charge on any atom is -0.393 e. The lowest BCUT2D eigenvalue weighted by Crippen LogP contribution is -2.37. The third-order valence-electron chi connectivity index (χ3n) is 2.72. The summed E-state index contributed by atoms with van der Waals surface area (Å²) in [5, 5.41) is 9.42. The molecule has 1 aromatic heterocycles. The number of piperidine rings is 1. The number of aryl methyl sites for hydroxylation is 2. The van der Waals surface area contributed by atoms with Crippen LogP contribution in [0.2, 0.25) is 0 Å². The van der Waals surface area contributed by atoms with Crippen molar-refractivity contribution in [2.45, 2.75) is 32.8 Å². The molecule has 0 saturated carbocycles. The lowest BCUT2D eigenvalue weighted by atomic mass is 10.1. The lowest BCUT2D eigenvalue weighted by Gasteiger charge is -2.29. The van der Waals surface area contributed by atoms with Crippen molar-refractivity contribution in [3.8, 4) is 0 Å². The quantitative estimate of drug-likeness (QED) is 0.748. The molecular weight excluding hydrogens is 190 g/mol. The molecule has 0 spiro atoms. The highest BCUT2D eigenvalue weighted by Gasteiger charge is 2.19. The summed E-state index contributed by atoms with van der Waals surface area (Å²) in [5.41, 5.74) is 2.01. The van der Waals surface area contributed by atoms with Gasteiger partial charge >= 0.3 is 0 Å². The van der Waals surface area contributed by atoms with E-state index >= 15 is 0 Å². The van der Waals surface area contributed by atoms with Crippen LogP contribution in [-0.2, 0) is 0 Å². The number of aliphatic hydroxyl groups excluding tert-OH is 1. The predicted octanol–water partition coefficient (Wildman–Crippen LogP) is 1.05. The molecule has 1 aliphatic rings. The Bertz CT molecular complexity index is 325. The molecule has 0 bridgehead atoms. The van der Waals surface area contributed by atoms with Crippen molar-refractivity contribution in [3.05, 3.63) is 17.5 Å². The Balaban J connectivity index is 2.15. The molecule has 4 heteroatoms. The highest BCUT2D eigenvalue weighted by molar-refractivity contribution is 5.32. The number of anilines is 1. The van der Waals surface area contributed by atoms with Crippen molar-refractivity contribution in [1.29, 1.82) is 0 Å². The molecule has 0 amide bonds. The zero-order valence-corrected chi connectivity index (χ0v) is 9.27. The van der Waals surface area contributed by atoms with Gasteiger partial charge in [-0.1, -0.05) is 0 Å². The second-order valence-electron chi connectivity index (χ2n) is 4.17. The Kier molecular flexibility index (Phi) is 2.86. The number of nitrogens with zero attached hydrogens (tertiary/aromatic N) is 3. The largest absolute Gasteiger partial charge is 0.393 e. The van der Waals surface area contributed by atoms with Gasteiger partial charge in [-0.25, -0.2) is 9.97 Å². The molecule has 1 saturated heterocycles. The van der Waals surface area contributed by atoms with Crippen LogP contribution < -0.4 is 4.90 Å². The van der Waals surface area contributed by atoms with Crippen LogP contribution in [0.4, 0.5) is 5.95 Å². The first-order valence-electron chi connectivity index (χ1n) is 5.40. The van der Waals surface area contributed by atoms with Gasteiger partial charge in [-0.05, 0) is 32.8 Å². The molecule has 1 fully saturated rings. The molecule has 1 N–H and O–H groups in total. The first-order chi connectivity index (χ1) is 7.15. The van der Waals surface area contributed by atoms with Crippen LogP contribution in [0.1, 0.15) is 24.2 Å². The van der Waals surface area contributed by atoms with Crippen LogP contribution in [-0.4, -0.2) is 34.3 Å². The molecule has 2 rings (SSSR count). The molecule has 0 unspecified atom stereocenters. The van der Waals surface area contributed by atoms with Gasteiger partial charge < -0.3 is 10.0 Å². The minimum absolute atomic E-state index is 0.146. The average Bonchev–Trinajstić information content (AvgIpc) is 2.17. The van der Waals surface area contributed by atoms with Gasteiger partial charge in [-0.15, -0.1) is 0 Å². The van der Waals surface area contributed by atoms with Crippen LogP contribution in [0.5, 0.6) is 0 Å². The van der Waals surface area contributed by atoms with Crippen LogP contribution in [0, 0.1) is 13.8 Å². The molecule has 2 heterocycles. The Morgan fingerprint density at radius 1 is 1.20 bits per heavy atom. The first kappa shape index (κ1) is 10.4. The molecular formula is C11H17N3O. The van der Waals surface area contributed by atoms with Crippen LogP contribution >= 0.6 is 0 Å². The maximum atomic E-state index is 9.42.